The van der Waals surface area contributed by atoms with Crippen LogP contribution in [0.3, 0.4) is 0 Å². The number of nitrogens with one attached hydrogen (secondary N) is 1. The minimum Gasteiger partial charge on any atom is -0.347 e. The fraction of sp³-hybridized carbons (Fsp3) is 0.133. The first kappa shape index (κ1) is 15.7. The quantitative estimate of drug-likeness (QED) is 0.820. The Morgan fingerprint density at radius 2 is 2.19 bits per heavy atom. The van der Waals surface area contributed by atoms with Crippen molar-refractivity contribution in [1.82, 2.24) is 5.32 Å². The molecule has 0 fully saturated rings. The second-order valence-corrected chi connectivity index (χ2v) is 6.64. The van der Waals surface area contributed by atoms with Crippen molar-refractivity contribution in [2.24, 2.45) is 5.73 Å². The molecule has 0 radical (unpaired) electrons. The number of carbonyl (C=O) groups excluding carboxylic acids is 1. The van der Waals surface area contributed by atoms with Crippen molar-refractivity contribution < 1.29 is 9.18 Å². The Balaban J connectivity index is 2.10. The van der Waals surface area contributed by atoms with E-state index in [-0.39, 0.29) is 12.1 Å². The van der Waals surface area contributed by atoms with Gasteiger partial charge in [0.15, 0.2) is 0 Å². The van der Waals surface area contributed by atoms with Crippen molar-refractivity contribution in [3.63, 3.8) is 0 Å². The van der Waals surface area contributed by atoms with Crippen LogP contribution in [0.15, 0.2) is 34.1 Å². The molecule has 1 aromatic heterocycles. The Morgan fingerprint density at radius 1 is 1.38 bits per heavy atom. The topological polar surface area (TPSA) is 55.1 Å². The molecule has 108 valence electrons. The minimum atomic E-state index is -0.571. The SMILES string of the molecule is NCC#Cc1ccc(F)c(C(=O)NCc2ccc(Br)s2)c1. The summed E-state index contributed by atoms with van der Waals surface area (Å²) in [7, 11) is 0. The molecule has 0 unspecified atom stereocenters. The molecule has 1 heterocycles. The van der Waals surface area contributed by atoms with Crippen molar-refractivity contribution in [2.45, 2.75) is 6.54 Å². The molecule has 0 saturated heterocycles. The zero-order valence-corrected chi connectivity index (χ0v) is 13.4. The van der Waals surface area contributed by atoms with Gasteiger partial charge in [0.05, 0.1) is 22.4 Å². The lowest BCUT2D eigenvalue weighted by molar-refractivity contribution is 0.0947. The van der Waals surface area contributed by atoms with E-state index in [2.05, 4.69) is 33.1 Å². The van der Waals surface area contributed by atoms with E-state index in [1.807, 2.05) is 12.1 Å². The van der Waals surface area contributed by atoms with Crippen LogP contribution in [0.4, 0.5) is 4.39 Å². The predicted octanol–water partition coefficient (Wildman–Crippen LogP) is 2.89. The zero-order chi connectivity index (χ0) is 15.2. The maximum absolute atomic E-state index is 13.7. The van der Waals surface area contributed by atoms with Crippen LogP contribution in [0.2, 0.25) is 0 Å². The molecule has 2 rings (SSSR count). The van der Waals surface area contributed by atoms with Crippen LogP contribution in [0.5, 0.6) is 0 Å². The smallest absolute Gasteiger partial charge is 0.254 e. The third-order valence-electron chi connectivity index (χ3n) is 2.60. The van der Waals surface area contributed by atoms with E-state index >= 15 is 0 Å². The van der Waals surface area contributed by atoms with Crippen LogP contribution < -0.4 is 11.1 Å². The third kappa shape index (κ3) is 4.39. The second-order valence-electron chi connectivity index (χ2n) is 4.09. The molecule has 0 bridgehead atoms. The summed E-state index contributed by atoms with van der Waals surface area (Å²) in [6, 6.07) is 7.98. The molecule has 1 aromatic carbocycles. The number of halogens is 2. The van der Waals surface area contributed by atoms with Crippen LogP contribution in [0.25, 0.3) is 0 Å². The molecule has 0 aliphatic rings. The van der Waals surface area contributed by atoms with Crippen molar-refractivity contribution >= 4 is 33.2 Å². The first-order valence-corrected chi connectivity index (χ1v) is 7.72. The maximum atomic E-state index is 13.7. The molecular weight excluding hydrogens is 355 g/mol. The van der Waals surface area contributed by atoms with E-state index in [0.29, 0.717) is 12.1 Å². The number of hydrogen-bond acceptors (Lipinski definition) is 3. The number of benzene rings is 1. The van der Waals surface area contributed by atoms with Crippen molar-refractivity contribution in [1.29, 1.82) is 0 Å². The normalized spacial score (nSPS) is 9.86. The highest BCUT2D eigenvalue weighted by atomic mass is 79.9. The van der Waals surface area contributed by atoms with Crippen molar-refractivity contribution in [3.8, 4) is 11.8 Å². The van der Waals surface area contributed by atoms with Crippen LogP contribution in [0.1, 0.15) is 20.8 Å². The molecule has 21 heavy (non-hydrogen) atoms. The first-order chi connectivity index (χ1) is 10.1. The van der Waals surface area contributed by atoms with Crippen LogP contribution in [-0.2, 0) is 6.54 Å². The molecular formula is C15H12BrFN2OS. The number of hydrogen-bond donors (Lipinski definition) is 2. The van der Waals surface area contributed by atoms with E-state index in [9.17, 15) is 9.18 Å². The Bertz CT molecular complexity index is 718. The summed E-state index contributed by atoms with van der Waals surface area (Å²) in [4.78, 5) is 13.0. The van der Waals surface area contributed by atoms with E-state index < -0.39 is 11.7 Å². The van der Waals surface area contributed by atoms with Gasteiger partial charge in [0.25, 0.3) is 5.91 Å². The fourth-order valence-electron chi connectivity index (χ4n) is 1.64. The fourth-order valence-corrected chi connectivity index (χ4v) is 3.06. The summed E-state index contributed by atoms with van der Waals surface area (Å²) >= 11 is 4.86. The summed E-state index contributed by atoms with van der Waals surface area (Å²) < 4.78 is 14.7. The van der Waals surface area contributed by atoms with Crippen LogP contribution >= 0.6 is 27.3 Å². The van der Waals surface area contributed by atoms with Gasteiger partial charge in [-0.15, -0.1) is 11.3 Å². The summed E-state index contributed by atoms with van der Waals surface area (Å²) in [5, 5.41) is 2.69. The van der Waals surface area contributed by atoms with Crippen molar-refractivity contribution in [3.05, 3.63) is 55.9 Å². The van der Waals surface area contributed by atoms with E-state index in [1.54, 1.807) is 0 Å². The predicted molar refractivity (Wildman–Crippen MR) is 85.5 cm³/mol. The molecule has 0 saturated carbocycles. The zero-order valence-electron chi connectivity index (χ0n) is 11.0. The van der Waals surface area contributed by atoms with E-state index in [0.717, 1.165) is 8.66 Å². The van der Waals surface area contributed by atoms with Gasteiger partial charge in [0, 0.05) is 10.4 Å². The lowest BCUT2D eigenvalue weighted by Gasteiger charge is -2.05. The number of amides is 1. The second kappa shape index (κ2) is 7.36. The van der Waals surface area contributed by atoms with E-state index in [4.69, 9.17) is 5.73 Å². The van der Waals surface area contributed by atoms with Crippen molar-refractivity contribution in [2.75, 3.05) is 6.54 Å². The Hall–Kier alpha value is -1.68. The molecule has 0 spiro atoms. The number of nitrogens with two attached hydrogens (primary N) is 1. The maximum Gasteiger partial charge on any atom is 0.254 e. The monoisotopic (exact) mass is 366 g/mol. The first-order valence-electron chi connectivity index (χ1n) is 6.11. The number of thiophene rings is 1. The van der Waals surface area contributed by atoms with E-state index in [1.165, 1.54) is 29.5 Å². The molecule has 3 N–H and O–H groups in total. The highest BCUT2D eigenvalue weighted by molar-refractivity contribution is 9.11. The molecule has 0 aliphatic carbocycles. The highest BCUT2D eigenvalue weighted by Gasteiger charge is 2.12. The van der Waals surface area contributed by atoms with Crippen LogP contribution in [0, 0.1) is 17.7 Å². The number of rotatable bonds is 3. The summed E-state index contributed by atoms with van der Waals surface area (Å²) in [6.45, 7) is 0.569. The Kier molecular flexibility index (Phi) is 5.51. The van der Waals surface area contributed by atoms with Crippen LogP contribution in [-0.4, -0.2) is 12.5 Å². The third-order valence-corrected chi connectivity index (χ3v) is 4.22. The summed E-state index contributed by atoms with van der Waals surface area (Å²) in [6.07, 6.45) is 0. The summed E-state index contributed by atoms with van der Waals surface area (Å²) in [5.41, 5.74) is 5.83. The standard InChI is InChI=1S/C15H12BrFN2OS/c16-14-6-4-11(21-14)9-19-15(20)12-8-10(2-1-7-18)3-5-13(12)17/h3-6,8H,7,9,18H2,(H,19,20). The summed E-state index contributed by atoms with van der Waals surface area (Å²) in [5.74, 6) is 4.41. The van der Waals surface area contributed by atoms with Gasteiger partial charge in [0.1, 0.15) is 5.82 Å². The molecule has 0 aliphatic heterocycles. The molecule has 2 aromatic rings. The average Bonchev–Trinajstić information content (AvgIpc) is 2.89. The highest BCUT2D eigenvalue weighted by Crippen LogP contribution is 2.22. The lowest BCUT2D eigenvalue weighted by Crippen LogP contribution is -2.23. The van der Waals surface area contributed by atoms with Gasteiger partial charge in [-0.1, -0.05) is 11.8 Å². The van der Waals surface area contributed by atoms with Gasteiger partial charge < -0.3 is 11.1 Å². The molecule has 0 atom stereocenters. The minimum absolute atomic E-state index is 0.0190. The van der Waals surface area contributed by atoms with Gasteiger partial charge >= 0.3 is 0 Å². The Morgan fingerprint density at radius 3 is 2.86 bits per heavy atom. The molecule has 6 heteroatoms. The van der Waals surface area contributed by atoms with Gasteiger partial charge in [-0.05, 0) is 46.3 Å². The Labute approximate surface area is 134 Å². The molecule has 3 nitrogen and oxygen atoms in total. The van der Waals surface area contributed by atoms with Gasteiger partial charge in [-0.25, -0.2) is 4.39 Å². The van der Waals surface area contributed by atoms with Gasteiger partial charge in [-0.2, -0.15) is 0 Å². The largest absolute Gasteiger partial charge is 0.347 e. The average molecular weight is 367 g/mol. The van der Waals surface area contributed by atoms with Gasteiger partial charge in [0.2, 0.25) is 0 Å². The lowest BCUT2D eigenvalue weighted by atomic mass is 10.1. The molecule has 1 amide bonds. The number of carbonyl (C=O) groups is 1. The van der Waals surface area contributed by atoms with Gasteiger partial charge in [-0.3, -0.25) is 4.79 Å².